The zero-order valence-electron chi connectivity index (χ0n) is 8.69. The molecule has 2 N–H and O–H groups in total. The second kappa shape index (κ2) is 5.74. The van der Waals surface area contributed by atoms with Crippen LogP contribution in [0.4, 0.5) is 0 Å². The Kier molecular flexibility index (Phi) is 6.06. The monoisotopic (exact) mass is 238 g/mol. The molecule has 0 spiro atoms. The maximum absolute atomic E-state index is 11.1. The van der Waals surface area contributed by atoms with E-state index in [-0.39, 0.29) is 62.2 Å². The topological polar surface area (TPSA) is 60.2 Å². The van der Waals surface area contributed by atoms with Crippen LogP contribution in [-0.2, 0) is 10.0 Å². The van der Waals surface area contributed by atoms with Gasteiger partial charge in [0.25, 0.3) is 0 Å². The summed E-state index contributed by atoms with van der Waals surface area (Å²) in [6, 6.07) is 6.80. The van der Waals surface area contributed by atoms with Crippen molar-refractivity contribution < 1.29 is 8.42 Å². The first kappa shape index (κ1) is 14.8. The van der Waals surface area contributed by atoms with Crippen molar-refractivity contribution in [2.45, 2.75) is 24.7 Å². The van der Waals surface area contributed by atoms with Crippen LogP contribution in [0.5, 0.6) is 0 Å². The summed E-state index contributed by atoms with van der Waals surface area (Å²) in [5, 5.41) is 5.07. The average Bonchev–Trinajstić information content (AvgIpc) is 2.03. The van der Waals surface area contributed by atoms with E-state index in [4.69, 9.17) is 5.14 Å². The van der Waals surface area contributed by atoms with Crippen molar-refractivity contribution in [2.75, 3.05) is 0 Å². The van der Waals surface area contributed by atoms with Crippen molar-refractivity contribution in [1.29, 1.82) is 0 Å². The molecular weight excluding hydrogens is 225 g/mol. The van der Waals surface area contributed by atoms with E-state index in [2.05, 4.69) is 0 Å². The summed E-state index contributed by atoms with van der Waals surface area (Å²) < 4.78 is 22.3. The minimum Gasteiger partial charge on any atom is -0.225 e. The SMILES string of the molecule is CC(C)c1ccccc1S(N)(=O)=O.[K]. The van der Waals surface area contributed by atoms with Crippen LogP contribution in [0.3, 0.4) is 0 Å². The zero-order valence-corrected chi connectivity index (χ0v) is 12.6. The van der Waals surface area contributed by atoms with Gasteiger partial charge in [0.1, 0.15) is 0 Å². The molecule has 1 radical (unpaired) electrons. The molecule has 0 aliphatic rings. The Morgan fingerprint density at radius 3 is 2.07 bits per heavy atom. The summed E-state index contributed by atoms with van der Waals surface area (Å²) in [4.78, 5) is 0.227. The smallest absolute Gasteiger partial charge is 0.225 e. The molecule has 0 unspecified atom stereocenters. The zero-order chi connectivity index (χ0) is 10.1. The van der Waals surface area contributed by atoms with Gasteiger partial charge < -0.3 is 0 Å². The van der Waals surface area contributed by atoms with Crippen LogP contribution in [-0.4, -0.2) is 59.8 Å². The first-order chi connectivity index (χ1) is 5.93. The molecule has 1 aromatic carbocycles. The molecule has 0 aliphatic heterocycles. The van der Waals surface area contributed by atoms with E-state index in [0.717, 1.165) is 5.56 Å². The third kappa shape index (κ3) is 3.73. The molecule has 0 saturated carbocycles. The second-order valence-corrected chi connectivity index (χ2v) is 4.77. The van der Waals surface area contributed by atoms with Crippen LogP contribution in [0.25, 0.3) is 0 Å². The quantitative estimate of drug-likeness (QED) is 0.784. The molecule has 1 aromatic rings. The van der Waals surface area contributed by atoms with E-state index in [0.29, 0.717) is 0 Å². The number of nitrogens with two attached hydrogens (primary N) is 1. The summed E-state index contributed by atoms with van der Waals surface area (Å²) >= 11 is 0. The van der Waals surface area contributed by atoms with Gasteiger partial charge in [-0.3, -0.25) is 0 Å². The fourth-order valence-corrected chi connectivity index (χ4v) is 2.12. The van der Waals surface area contributed by atoms with Crippen LogP contribution in [0.2, 0.25) is 0 Å². The van der Waals surface area contributed by atoms with E-state index in [1.54, 1.807) is 12.1 Å². The Morgan fingerprint density at radius 1 is 1.21 bits per heavy atom. The number of hydrogen-bond donors (Lipinski definition) is 1. The molecule has 73 valence electrons. The van der Waals surface area contributed by atoms with E-state index < -0.39 is 10.0 Å². The Hall–Kier alpha value is 0.766. The number of rotatable bonds is 2. The minimum atomic E-state index is -3.58. The largest absolute Gasteiger partial charge is 0.238 e. The molecule has 0 fully saturated rings. The number of sulfonamides is 1. The van der Waals surface area contributed by atoms with E-state index in [1.807, 2.05) is 19.9 Å². The van der Waals surface area contributed by atoms with Gasteiger partial charge in [-0.05, 0) is 17.5 Å². The third-order valence-electron chi connectivity index (χ3n) is 1.85. The Labute approximate surface area is 128 Å². The fourth-order valence-electron chi connectivity index (χ4n) is 1.22. The van der Waals surface area contributed by atoms with Crippen LogP contribution in [0, 0.1) is 0 Å². The summed E-state index contributed by atoms with van der Waals surface area (Å²) in [5.74, 6) is 0.162. The molecule has 3 nitrogen and oxygen atoms in total. The van der Waals surface area contributed by atoms with Crippen molar-refractivity contribution in [1.82, 2.24) is 0 Å². The van der Waals surface area contributed by atoms with E-state index >= 15 is 0 Å². The fraction of sp³-hybridized carbons (Fsp3) is 0.333. The maximum atomic E-state index is 11.1. The molecule has 5 heteroatoms. The van der Waals surface area contributed by atoms with Crippen LogP contribution in [0.1, 0.15) is 25.3 Å². The molecule has 0 atom stereocenters. The number of hydrogen-bond acceptors (Lipinski definition) is 2. The van der Waals surface area contributed by atoms with Crippen molar-refractivity contribution in [3.05, 3.63) is 29.8 Å². The summed E-state index contributed by atoms with van der Waals surface area (Å²) in [5.41, 5.74) is 0.769. The number of benzene rings is 1. The first-order valence-electron chi connectivity index (χ1n) is 4.04. The van der Waals surface area contributed by atoms with Gasteiger partial charge in [-0.25, -0.2) is 13.6 Å². The Balaban J connectivity index is 0.00000169. The predicted molar refractivity (Wildman–Crippen MR) is 57.7 cm³/mol. The van der Waals surface area contributed by atoms with Crippen LogP contribution in [0.15, 0.2) is 29.2 Å². The van der Waals surface area contributed by atoms with E-state index in [9.17, 15) is 8.42 Å². The van der Waals surface area contributed by atoms with Gasteiger partial charge in [0.2, 0.25) is 10.0 Å². The van der Waals surface area contributed by atoms with Crippen LogP contribution >= 0.6 is 0 Å². The molecule has 1 rings (SSSR count). The standard InChI is InChI=1S/C9H13NO2S.K/c1-7(2)8-5-3-4-6-9(8)13(10,11)12;/h3-7H,1-2H3,(H2,10,11,12);. The summed E-state index contributed by atoms with van der Waals surface area (Å²) in [7, 11) is -3.58. The van der Waals surface area contributed by atoms with Crippen molar-refractivity contribution >= 4 is 61.4 Å². The maximum Gasteiger partial charge on any atom is 0.238 e. The normalized spacial score (nSPS) is 11.1. The number of primary sulfonamides is 1. The molecular formula is C9H13KNO2S. The first-order valence-corrected chi connectivity index (χ1v) is 5.59. The summed E-state index contributed by atoms with van der Waals surface area (Å²) in [6.07, 6.45) is 0. The molecule has 0 aromatic heterocycles. The van der Waals surface area contributed by atoms with Gasteiger partial charge in [0.15, 0.2) is 0 Å². The minimum absolute atomic E-state index is 0. The van der Waals surface area contributed by atoms with Crippen molar-refractivity contribution in [3.8, 4) is 0 Å². The average molecular weight is 238 g/mol. The molecule has 0 amide bonds. The van der Waals surface area contributed by atoms with E-state index in [1.165, 1.54) is 6.07 Å². The molecule has 0 bridgehead atoms. The third-order valence-corrected chi connectivity index (χ3v) is 2.83. The molecule has 0 aliphatic carbocycles. The summed E-state index contributed by atoms with van der Waals surface area (Å²) in [6.45, 7) is 3.87. The van der Waals surface area contributed by atoms with Gasteiger partial charge in [0, 0.05) is 51.4 Å². The molecule has 0 heterocycles. The van der Waals surface area contributed by atoms with Gasteiger partial charge in [-0.15, -0.1) is 0 Å². The molecule has 14 heavy (non-hydrogen) atoms. The van der Waals surface area contributed by atoms with Gasteiger partial charge in [0.05, 0.1) is 4.90 Å². The van der Waals surface area contributed by atoms with Crippen LogP contribution < -0.4 is 5.14 Å². The molecule has 0 saturated heterocycles. The predicted octanol–water partition coefficient (Wildman–Crippen LogP) is 1.08. The van der Waals surface area contributed by atoms with Crippen molar-refractivity contribution in [3.63, 3.8) is 0 Å². The van der Waals surface area contributed by atoms with Gasteiger partial charge in [-0.2, -0.15) is 0 Å². The Morgan fingerprint density at radius 2 is 1.71 bits per heavy atom. The Bertz CT molecular complexity index is 401. The second-order valence-electron chi connectivity index (χ2n) is 3.24. The van der Waals surface area contributed by atoms with Gasteiger partial charge >= 0.3 is 0 Å². The van der Waals surface area contributed by atoms with Crippen molar-refractivity contribution in [2.24, 2.45) is 5.14 Å². The van der Waals surface area contributed by atoms with Gasteiger partial charge in [-0.1, -0.05) is 32.0 Å².